The lowest BCUT2D eigenvalue weighted by molar-refractivity contribution is 0.0341. The van der Waals surface area contributed by atoms with Gasteiger partial charge in [0, 0.05) is 37.0 Å². The zero-order chi connectivity index (χ0) is 23.6. The first-order valence-electron chi connectivity index (χ1n) is 11.7. The number of ether oxygens (including phenoxy) is 1. The summed E-state index contributed by atoms with van der Waals surface area (Å²) in [5.41, 5.74) is 4.27. The molecule has 0 unspecified atom stereocenters. The van der Waals surface area contributed by atoms with Crippen molar-refractivity contribution in [2.45, 2.75) is 6.54 Å². The maximum absolute atomic E-state index is 13.1. The van der Waals surface area contributed by atoms with E-state index in [4.69, 9.17) is 9.72 Å². The molecular formula is C28H24N4O2S. The van der Waals surface area contributed by atoms with Crippen molar-refractivity contribution in [3.05, 3.63) is 90.1 Å². The van der Waals surface area contributed by atoms with E-state index in [2.05, 4.69) is 21.3 Å². The van der Waals surface area contributed by atoms with Crippen LogP contribution in [0, 0.1) is 0 Å². The number of nitrogens with zero attached hydrogens (tertiary/aromatic N) is 3. The molecule has 35 heavy (non-hydrogen) atoms. The van der Waals surface area contributed by atoms with E-state index in [0.29, 0.717) is 5.56 Å². The van der Waals surface area contributed by atoms with E-state index in [0.717, 1.165) is 75.8 Å². The molecule has 1 fully saturated rings. The maximum atomic E-state index is 13.1. The normalized spacial score (nSPS) is 14.4. The second kappa shape index (κ2) is 9.54. The Balaban J connectivity index is 1.26. The highest BCUT2D eigenvalue weighted by molar-refractivity contribution is 7.21. The van der Waals surface area contributed by atoms with Crippen LogP contribution in [0.2, 0.25) is 0 Å². The molecule has 174 valence electrons. The van der Waals surface area contributed by atoms with Gasteiger partial charge in [-0.2, -0.15) is 0 Å². The van der Waals surface area contributed by atoms with Gasteiger partial charge < -0.3 is 10.1 Å². The van der Waals surface area contributed by atoms with Crippen molar-refractivity contribution in [1.82, 2.24) is 14.9 Å². The molecule has 1 aliphatic heterocycles. The molecule has 6 nitrogen and oxygen atoms in total. The molecule has 0 saturated carbocycles. The smallest absolute Gasteiger partial charge is 0.255 e. The Labute approximate surface area is 207 Å². The number of morpholine rings is 1. The number of amides is 1. The number of thiazole rings is 1. The van der Waals surface area contributed by atoms with Crippen LogP contribution in [0.15, 0.2) is 79.0 Å². The summed E-state index contributed by atoms with van der Waals surface area (Å²) in [6.07, 6.45) is 1.94. The summed E-state index contributed by atoms with van der Waals surface area (Å²) in [5, 5.41) is 6.08. The van der Waals surface area contributed by atoms with E-state index in [-0.39, 0.29) is 5.91 Å². The van der Waals surface area contributed by atoms with Gasteiger partial charge in [-0.1, -0.05) is 53.8 Å². The van der Waals surface area contributed by atoms with Gasteiger partial charge >= 0.3 is 0 Å². The van der Waals surface area contributed by atoms with Crippen LogP contribution in [0.3, 0.4) is 0 Å². The van der Waals surface area contributed by atoms with Crippen LogP contribution >= 0.6 is 11.3 Å². The standard InChI is InChI=1S/C28H24N4O2S/c33-26(22-10-9-20-5-1-2-6-21(20)16-22)30-24-8-4-3-7-23(24)27-31-25-15-19(17-29-28(25)35-27)18-32-11-13-34-14-12-32/h1-10,15-17H,11-14,18H2,(H,30,33). The molecule has 0 spiro atoms. The Morgan fingerprint density at radius 1 is 0.971 bits per heavy atom. The molecule has 3 heterocycles. The highest BCUT2D eigenvalue weighted by Crippen LogP contribution is 2.34. The summed E-state index contributed by atoms with van der Waals surface area (Å²) in [4.78, 5) is 25.9. The zero-order valence-corrected chi connectivity index (χ0v) is 19.9. The summed E-state index contributed by atoms with van der Waals surface area (Å²) in [5.74, 6) is -0.143. The predicted molar refractivity (Wildman–Crippen MR) is 141 cm³/mol. The fourth-order valence-electron chi connectivity index (χ4n) is 4.39. The summed E-state index contributed by atoms with van der Waals surface area (Å²) in [6.45, 7) is 4.27. The number of carbonyl (C=O) groups is 1. The molecule has 1 aliphatic rings. The van der Waals surface area contributed by atoms with Gasteiger partial charge in [0.2, 0.25) is 0 Å². The molecule has 1 N–H and O–H groups in total. The number of pyridine rings is 1. The van der Waals surface area contributed by atoms with E-state index in [1.807, 2.05) is 72.9 Å². The monoisotopic (exact) mass is 480 g/mol. The topological polar surface area (TPSA) is 67.4 Å². The number of rotatable bonds is 5. The number of fused-ring (bicyclic) bond motifs is 2. The number of hydrogen-bond donors (Lipinski definition) is 1. The van der Waals surface area contributed by atoms with Crippen molar-refractivity contribution in [3.63, 3.8) is 0 Å². The van der Waals surface area contributed by atoms with Gasteiger partial charge in [0.25, 0.3) is 5.91 Å². The van der Waals surface area contributed by atoms with Gasteiger partial charge in [-0.05, 0) is 46.7 Å². The fraction of sp³-hybridized carbons (Fsp3) is 0.179. The largest absolute Gasteiger partial charge is 0.379 e. The summed E-state index contributed by atoms with van der Waals surface area (Å²) in [6, 6.07) is 23.7. The number of nitrogens with one attached hydrogen (secondary N) is 1. The summed E-state index contributed by atoms with van der Waals surface area (Å²) in [7, 11) is 0. The van der Waals surface area contributed by atoms with Crippen LogP contribution < -0.4 is 5.32 Å². The second-order valence-electron chi connectivity index (χ2n) is 8.64. The molecular weight excluding hydrogens is 456 g/mol. The SMILES string of the molecule is O=C(Nc1ccccc1-c1nc2cc(CN3CCOCC3)cnc2s1)c1ccc2ccccc2c1. The number of hydrogen-bond acceptors (Lipinski definition) is 6. The highest BCUT2D eigenvalue weighted by Gasteiger charge is 2.16. The Morgan fingerprint density at radius 2 is 1.77 bits per heavy atom. The van der Waals surface area contributed by atoms with Crippen LogP contribution in [-0.2, 0) is 11.3 Å². The lowest BCUT2D eigenvalue weighted by Crippen LogP contribution is -2.35. The van der Waals surface area contributed by atoms with E-state index in [9.17, 15) is 4.79 Å². The molecule has 1 amide bonds. The van der Waals surface area contributed by atoms with Crippen molar-refractivity contribution in [3.8, 4) is 10.6 Å². The van der Waals surface area contributed by atoms with Gasteiger partial charge in [0.15, 0.2) is 0 Å². The van der Waals surface area contributed by atoms with Gasteiger partial charge in [-0.15, -0.1) is 0 Å². The first kappa shape index (κ1) is 21.9. The van der Waals surface area contributed by atoms with Gasteiger partial charge in [-0.25, -0.2) is 9.97 Å². The molecule has 1 saturated heterocycles. The third-order valence-corrected chi connectivity index (χ3v) is 7.24. The van der Waals surface area contributed by atoms with E-state index < -0.39 is 0 Å². The highest BCUT2D eigenvalue weighted by atomic mass is 32.1. The molecule has 5 aromatic rings. The third kappa shape index (κ3) is 4.66. The molecule has 7 heteroatoms. The molecule has 2 aromatic heterocycles. The number of anilines is 1. The molecule has 0 aliphatic carbocycles. The Bertz CT molecular complexity index is 1520. The Hall–Kier alpha value is -3.65. The number of benzene rings is 3. The van der Waals surface area contributed by atoms with E-state index in [1.165, 1.54) is 11.3 Å². The minimum Gasteiger partial charge on any atom is -0.379 e. The van der Waals surface area contributed by atoms with Gasteiger partial charge in [0.05, 0.1) is 18.9 Å². The van der Waals surface area contributed by atoms with Gasteiger partial charge in [-0.3, -0.25) is 9.69 Å². The molecule has 6 rings (SSSR count). The zero-order valence-electron chi connectivity index (χ0n) is 19.1. The van der Waals surface area contributed by atoms with Gasteiger partial charge in [0.1, 0.15) is 15.4 Å². The summed E-state index contributed by atoms with van der Waals surface area (Å²) < 4.78 is 5.45. The average Bonchev–Trinajstić information content (AvgIpc) is 3.32. The maximum Gasteiger partial charge on any atom is 0.255 e. The number of aromatic nitrogens is 2. The molecule has 0 bridgehead atoms. The summed E-state index contributed by atoms with van der Waals surface area (Å²) >= 11 is 1.54. The van der Waals surface area contributed by atoms with Crippen molar-refractivity contribution in [1.29, 1.82) is 0 Å². The predicted octanol–water partition coefficient (Wildman–Crippen LogP) is 5.60. The number of carbonyl (C=O) groups excluding carboxylic acids is 1. The van der Waals surface area contributed by atoms with Crippen LogP contribution in [0.4, 0.5) is 5.69 Å². The minimum absolute atomic E-state index is 0.143. The molecule has 0 radical (unpaired) electrons. The first-order valence-corrected chi connectivity index (χ1v) is 12.5. The van der Waals surface area contributed by atoms with Crippen molar-refractivity contribution in [2.24, 2.45) is 0 Å². The third-order valence-electron chi connectivity index (χ3n) is 6.23. The van der Waals surface area contributed by atoms with Crippen molar-refractivity contribution < 1.29 is 9.53 Å². The fourth-order valence-corrected chi connectivity index (χ4v) is 5.32. The van der Waals surface area contributed by atoms with Crippen LogP contribution in [0.5, 0.6) is 0 Å². The van der Waals surface area contributed by atoms with E-state index in [1.54, 1.807) is 0 Å². The van der Waals surface area contributed by atoms with Crippen LogP contribution in [-0.4, -0.2) is 47.1 Å². The molecule has 0 atom stereocenters. The number of para-hydroxylation sites is 1. The quantitative estimate of drug-likeness (QED) is 0.355. The van der Waals surface area contributed by atoms with Crippen molar-refractivity contribution in [2.75, 3.05) is 31.6 Å². The Morgan fingerprint density at radius 3 is 2.66 bits per heavy atom. The second-order valence-corrected chi connectivity index (χ2v) is 9.61. The molecule has 3 aromatic carbocycles. The lowest BCUT2D eigenvalue weighted by Gasteiger charge is -2.26. The lowest BCUT2D eigenvalue weighted by atomic mass is 10.1. The minimum atomic E-state index is -0.143. The van der Waals surface area contributed by atoms with Crippen molar-refractivity contribution >= 4 is 44.1 Å². The van der Waals surface area contributed by atoms with E-state index >= 15 is 0 Å². The Kier molecular flexibility index (Phi) is 5.96. The first-order chi connectivity index (χ1) is 17.2. The average molecular weight is 481 g/mol. The van der Waals surface area contributed by atoms with Crippen LogP contribution in [0.1, 0.15) is 15.9 Å². The van der Waals surface area contributed by atoms with Crippen LogP contribution in [0.25, 0.3) is 31.7 Å².